The van der Waals surface area contributed by atoms with Crippen molar-refractivity contribution in [1.29, 1.82) is 0 Å². The molecule has 0 rings (SSSR count). The fourth-order valence-electron chi connectivity index (χ4n) is 1.72. The first-order valence-corrected chi connectivity index (χ1v) is 14.1. The van der Waals surface area contributed by atoms with Crippen molar-refractivity contribution in [3.63, 3.8) is 0 Å². The molecule has 220 valence electrons. The quantitative estimate of drug-likeness (QED) is 0.126. The number of hydrogen-bond acceptors (Lipinski definition) is 7. The summed E-state index contributed by atoms with van der Waals surface area (Å²) in [4.78, 5) is 0. The van der Waals surface area contributed by atoms with Crippen molar-refractivity contribution in [2.24, 2.45) is 0 Å². The second-order valence-corrected chi connectivity index (χ2v) is 6.80. The highest BCUT2D eigenvalue weighted by Gasteiger charge is 1.86. The van der Waals surface area contributed by atoms with E-state index < -0.39 is 0 Å². The van der Waals surface area contributed by atoms with Crippen LogP contribution in [0.15, 0.2) is 0 Å². The van der Waals surface area contributed by atoms with Gasteiger partial charge in [0.2, 0.25) is 0 Å². The van der Waals surface area contributed by atoms with Gasteiger partial charge in [-0.15, -0.1) is 0 Å². The maximum Gasteiger partial charge on any atom is 0.146 e. The largest absolute Gasteiger partial charge is 0.382 e. The molecule has 0 heterocycles. The summed E-state index contributed by atoms with van der Waals surface area (Å²) in [5.74, 6) is 0. The summed E-state index contributed by atoms with van der Waals surface area (Å²) < 4.78 is 34.9. The molecule has 0 aromatic rings. The molecule has 0 saturated heterocycles. The van der Waals surface area contributed by atoms with Gasteiger partial charge in [0.25, 0.3) is 0 Å². The molecule has 0 amide bonds. The van der Waals surface area contributed by atoms with E-state index in [1.807, 2.05) is 48.5 Å². The van der Waals surface area contributed by atoms with Crippen LogP contribution in [-0.4, -0.2) is 86.1 Å². The lowest BCUT2D eigenvalue weighted by Crippen LogP contribution is -2.04. The Morgan fingerprint density at radius 2 is 0.629 bits per heavy atom. The Hall–Kier alpha value is -0.280. The molecule has 0 bridgehead atoms. The van der Waals surface area contributed by atoms with Crippen LogP contribution in [0.5, 0.6) is 0 Å². The van der Waals surface area contributed by atoms with Crippen LogP contribution >= 0.6 is 0 Å². The lowest BCUT2D eigenvalue weighted by atomic mass is 10.4. The minimum absolute atomic E-state index is 0.438. The van der Waals surface area contributed by atoms with E-state index in [2.05, 4.69) is 20.8 Å². The molecule has 0 spiro atoms. The number of ether oxygens (including phenoxy) is 7. The van der Waals surface area contributed by atoms with Gasteiger partial charge in [-0.05, 0) is 67.7 Å². The van der Waals surface area contributed by atoms with Crippen LogP contribution in [0, 0.1) is 0 Å². The molecule has 0 radical (unpaired) electrons. The van der Waals surface area contributed by atoms with Gasteiger partial charge in [-0.1, -0.05) is 33.6 Å². The molecule has 7 nitrogen and oxygen atoms in total. The predicted octanol–water partition coefficient (Wildman–Crippen LogP) is 7.16. The smallest absolute Gasteiger partial charge is 0.146 e. The Bertz CT molecular complexity index is 225. The van der Waals surface area contributed by atoms with Gasteiger partial charge in [0.15, 0.2) is 0 Å². The molecule has 0 saturated carbocycles. The van der Waals surface area contributed by atoms with E-state index in [9.17, 15) is 0 Å². The summed E-state index contributed by atoms with van der Waals surface area (Å²) in [5, 5.41) is 0. The number of hydrogen-bond donors (Lipinski definition) is 0. The van der Waals surface area contributed by atoms with E-state index in [4.69, 9.17) is 33.2 Å². The van der Waals surface area contributed by atoms with Gasteiger partial charge in [0.05, 0.1) is 13.2 Å². The highest BCUT2D eigenvalue weighted by molar-refractivity contribution is 4.32. The fourth-order valence-corrected chi connectivity index (χ4v) is 1.72. The zero-order valence-electron chi connectivity index (χ0n) is 25.6. The van der Waals surface area contributed by atoms with Crippen LogP contribution in [0.3, 0.4) is 0 Å². The van der Waals surface area contributed by atoms with Crippen LogP contribution in [0.25, 0.3) is 0 Å². The molecule has 0 aliphatic carbocycles. The zero-order chi connectivity index (χ0) is 27.7. The van der Waals surface area contributed by atoms with Gasteiger partial charge in [-0.2, -0.15) is 0 Å². The molecule has 0 fully saturated rings. The molecular formula is C28H66O7. The van der Waals surface area contributed by atoms with Crippen molar-refractivity contribution in [3.8, 4) is 0 Å². The minimum atomic E-state index is 0.438. The minimum Gasteiger partial charge on any atom is -0.382 e. The standard InChI is InChI=1S/C8H18O2.C6H14O.C5H12O2.C5H12O.C4H10O/c1-3-5-6-10-8-7-9-4-2;1-3-5-6-7-4-2;1-3-6-5-7-4-2;1-3-5-6-4-2;1-3-5-4-2/h3-8H2,1-2H3;3-6H2,1-2H3;3-5H2,1-2H3;3-5H2,1-2H3;3-4H2,1-2H3. The Balaban J connectivity index is -0.000000109. The summed E-state index contributed by atoms with van der Waals surface area (Å²) in [7, 11) is 0. The Morgan fingerprint density at radius 3 is 0.943 bits per heavy atom. The van der Waals surface area contributed by atoms with Gasteiger partial charge in [0.1, 0.15) is 6.79 Å². The van der Waals surface area contributed by atoms with Gasteiger partial charge < -0.3 is 33.2 Å². The number of rotatable bonds is 20. The van der Waals surface area contributed by atoms with Crippen molar-refractivity contribution in [2.75, 3.05) is 86.1 Å². The van der Waals surface area contributed by atoms with Crippen molar-refractivity contribution in [3.05, 3.63) is 0 Å². The molecule has 0 aliphatic rings. The van der Waals surface area contributed by atoms with E-state index in [0.29, 0.717) is 6.79 Å². The van der Waals surface area contributed by atoms with Crippen LogP contribution in [-0.2, 0) is 33.2 Å². The van der Waals surface area contributed by atoms with Crippen molar-refractivity contribution >= 4 is 0 Å². The van der Waals surface area contributed by atoms with Crippen LogP contribution < -0.4 is 0 Å². The van der Waals surface area contributed by atoms with Crippen LogP contribution in [0.2, 0.25) is 0 Å². The molecule has 0 atom stereocenters. The monoisotopic (exact) mass is 514 g/mol. The average molecular weight is 515 g/mol. The number of unbranched alkanes of at least 4 members (excludes halogenated alkanes) is 2. The summed E-state index contributed by atoms with van der Waals surface area (Å²) >= 11 is 0. The summed E-state index contributed by atoms with van der Waals surface area (Å²) in [6.45, 7) is 30.6. The third-order valence-electron chi connectivity index (χ3n) is 3.60. The van der Waals surface area contributed by atoms with Crippen LogP contribution in [0.1, 0.15) is 101 Å². The van der Waals surface area contributed by atoms with Gasteiger partial charge in [0, 0.05) is 66.1 Å². The van der Waals surface area contributed by atoms with E-state index in [-0.39, 0.29) is 0 Å². The first kappa shape index (κ1) is 44.7. The van der Waals surface area contributed by atoms with Gasteiger partial charge in [-0.3, -0.25) is 0 Å². The molecule has 0 N–H and O–H groups in total. The van der Waals surface area contributed by atoms with E-state index in [0.717, 1.165) is 92.1 Å². The second kappa shape index (κ2) is 59.1. The van der Waals surface area contributed by atoms with Crippen LogP contribution in [0.4, 0.5) is 0 Å². The average Bonchev–Trinajstić information content (AvgIpc) is 2.88. The van der Waals surface area contributed by atoms with E-state index in [1.165, 1.54) is 19.3 Å². The van der Waals surface area contributed by atoms with Crippen molar-refractivity contribution in [2.45, 2.75) is 101 Å². The van der Waals surface area contributed by atoms with Crippen molar-refractivity contribution < 1.29 is 33.2 Å². The zero-order valence-corrected chi connectivity index (χ0v) is 25.6. The summed E-state index contributed by atoms with van der Waals surface area (Å²) in [5.41, 5.74) is 0. The fraction of sp³-hybridized carbons (Fsp3) is 1.00. The maximum absolute atomic E-state index is 5.25. The first-order valence-electron chi connectivity index (χ1n) is 14.1. The van der Waals surface area contributed by atoms with E-state index >= 15 is 0 Å². The lowest BCUT2D eigenvalue weighted by Gasteiger charge is -2.02. The molecule has 0 aromatic heterocycles. The normalized spacial score (nSPS) is 9.43. The molecule has 0 aromatic carbocycles. The van der Waals surface area contributed by atoms with Gasteiger partial charge in [-0.25, -0.2) is 0 Å². The lowest BCUT2D eigenvalue weighted by molar-refractivity contribution is -0.0445. The SMILES string of the molecule is CCCCOCC.CCCCOCCOCC.CCCOCC.CCOCC.CCOCOCC. The third-order valence-corrected chi connectivity index (χ3v) is 3.60. The summed E-state index contributed by atoms with van der Waals surface area (Å²) in [6, 6.07) is 0. The second-order valence-electron chi connectivity index (χ2n) is 6.80. The van der Waals surface area contributed by atoms with Crippen molar-refractivity contribution in [1.82, 2.24) is 0 Å². The summed E-state index contributed by atoms with van der Waals surface area (Å²) in [6.07, 6.45) is 5.93. The topological polar surface area (TPSA) is 64.6 Å². The first-order chi connectivity index (χ1) is 17.1. The molecule has 0 aliphatic heterocycles. The Labute approximate surface area is 220 Å². The molecular weight excluding hydrogens is 448 g/mol. The van der Waals surface area contributed by atoms with Gasteiger partial charge >= 0.3 is 0 Å². The van der Waals surface area contributed by atoms with E-state index in [1.54, 1.807) is 0 Å². The molecule has 35 heavy (non-hydrogen) atoms. The third kappa shape index (κ3) is 87.2. The molecule has 7 heteroatoms. The predicted molar refractivity (Wildman–Crippen MR) is 151 cm³/mol. The molecule has 0 unspecified atom stereocenters. The maximum atomic E-state index is 5.25. The highest BCUT2D eigenvalue weighted by atomic mass is 16.7. The Morgan fingerprint density at radius 1 is 0.286 bits per heavy atom. The highest BCUT2D eigenvalue weighted by Crippen LogP contribution is 1.87. The Kier molecular flexibility index (Phi) is 75.4.